The zero-order valence-corrected chi connectivity index (χ0v) is 9.71. The average Bonchev–Trinajstić information content (AvgIpc) is 2.26. The van der Waals surface area contributed by atoms with Gasteiger partial charge in [0, 0.05) is 12.5 Å². The fourth-order valence-electron chi connectivity index (χ4n) is 1.61. The summed E-state index contributed by atoms with van der Waals surface area (Å²) in [5.74, 6) is -0.567. The van der Waals surface area contributed by atoms with Gasteiger partial charge in [0.25, 0.3) is 0 Å². The third-order valence-electron chi connectivity index (χ3n) is 2.53. The van der Waals surface area contributed by atoms with Gasteiger partial charge in [-0.1, -0.05) is 32.0 Å². The van der Waals surface area contributed by atoms with Crippen molar-refractivity contribution in [3.05, 3.63) is 29.3 Å². The highest BCUT2D eigenvalue weighted by atomic mass is 19.4. The lowest BCUT2D eigenvalue weighted by Crippen LogP contribution is -2.20. The molecule has 96 valence electrons. The van der Waals surface area contributed by atoms with Crippen LogP contribution in [0.25, 0.3) is 0 Å². The first-order valence-electron chi connectivity index (χ1n) is 5.37. The summed E-state index contributed by atoms with van der Waals surface area (Å²) in [6.07, 6.45) is -4.27. The lowest BCUT2D eigenvalue weighted by Gasteiger charge is -2.19. The molecule has 0 aliphatic heterocycles. The number of alkyl halides is 3. The highest BCUT2D eigenvalue weighted by Crippen LogP contribution is 2.34. The number of halogens is 3. The van der Waals surface area contributed by atoms with Gasteiger partial charge < -0.3 is 9.84 Å². The molecule has 0 saturated heterocycles. The Hall–Kier alpha value is -1.23. The largest absolute Gasteiger partial charge is 0.573 e. The number of hydrogen-bond donors (Lipinski definition) is 1. The highest BCUT2D eigenvalue weighted by molar-refractivity contribution is 5.43. The van der Waals surface area contributed by atoms with Crippen LogP contribution in [0.5, 0.6) is 5.75 Å². The van der Waals surface area contributed by atoms with Gasteiger partial charge in [-0.3, -0.25) is 0 Å². The maximum absolute atomic E-state index is 12.3. The summed E-state index contributed by atoms with van der Waals surface area (Å²) in [4.78, 5) is 0. The van der Waals surface area contributed by atoms with E-state index in [1.165, 1.54) is 0 Å². The lowest BCUT2D eigenvalue weighted by molar-refractivity contribution is -0.275. The van der Waals surface area contributed by atoms with E-state index in [1.807, 2.05) is 0 Å². The van der Waals surface area contributed by atoms with Gasteiger partial charge in [-0.2, -0.15) is 0 Å². The first-order valence-corrected chi connectivity index (χ1v) is 5.37. The molecule has 0 bridgehead atoms. The monoisotopic (exact) mass is 248 g/mol. The van der Waals surface area contributed by atoms with Crippen molar-refractivity contribution in [2.75, 3.05) is 6.61 Å². The predicted octanol–water partition coefficient (Wildman–Crippen LogP) is 3.24. The molecule has 1 rings (SSSR count). The third kappa shape index (κ3) is 3.63. The molecule has 1 N–H and O–H groups in total. The van der Waals surface area contributed by atoms with Crippen LogP contribution < -0.4 is 4.74 Å². The van der Waals surface area contributed by atoms with E-state index in [0.29, 0.717) is 17.5 Å². The lowest BCUT2D eigenvalue weighted by atomic mass is 9.97. The summed E-state index contributed by atoms with van der Waals surface area (Å²) in [6.45, 7) is 3.19. The summed E-state index contributed by atoms with van der Waals surface area (Å²) in [5, 5.41) is 9.04. The molecule has 1 atom stereocenters. The highest BCUT2D eigenvalue weighted by Gasteiger charge is 2.33. The Morgan fingerprint density at radius 2 is 2.00 bits per heavy atom. The zero-order chi connectivity index (χ0) is 13.1. The summed E-state index contributed by atoms with van der Waals surface area (Å²) in [6, 6.07) is 4.80. The smallest absolute Gasteiger partial charge is 0.405 e. The van der Waals surface area contributed by atoms with E-state index in [-0.39, 0.29) is 18.3 Å². The van der Waals surface area contributed by atoms with E-state index in [9.17, 15) is 13.2 Å². The third-order valence-corrected chi connectivity index (χ3v) is 2.53. The fraction of sp³-hybridized carbons (Fsp3) is 0.500. The normalized spacial score (nSPS) is 13.5. The predicted molar refractivity (Wildman–Crippen MR) is 58.0 cm³/mol. The summed E-state index contributed by atoms with van der Waals surface area (Å²) >= 11 is 0. The molecule has 0 radical (unpaired) electrons. The van der Waals surface area contributed by atoms with E-state index < -0.39 is 6.36 Å². The number of rotatable bonds is 4. The quantitative estimate of drug-likeness (QED) is 0.886. The molecule has 0 aliphatic rings. The van der Waals surface area contributed by atoms with Crippen molar-refractivity contribution >= 4 is 0 Å². The molecular weight excluding hydrogens is 233 g/mol. The van der Waals surface area contributed by atoms with Crippen molar-refractivity contribution in [3.8, 4) is 5.75 Å². The number of benzene rings is 1. The van der Waals surface area contributed by atoms with E-state index in [2.05, 4.69) is 4.74 Å². The number of hydrogen-bond acceptors (Lipinski definition) is 2. The van der Waals surface area contributed by atoms with Gasteiger partial charge in [0.05, 0.1) is 0 Å². The van der Waals surface area contributed by atoms with Crippen LogP contribution in [-0.2, 0) is 6.42 Å². The van der Waals surface area contributed by atoms with Crippen LogP contribution in [0.1, 0.15) is 30.9 Å². The number of aliphatic hydroxyl groups is 1. The Morgan fingerprint density at radius 3 is 2.47 bits per heavy atom. The van der Waals surface area contributed by atoms with Crippen molar-refractivity contribution in [2.24, 2.45) is 0 Å². The second kappa shape index (κ2) is 5.40. The van der Waals surface area contributed by atoms with E-state index in [1.54, 1.807) is 32.0 Å². The average molecular weight is 248 g/mol. The molecule has 0 aromatic heterocycles. The van der Waals surface area contributed by atoms with Gasteiger partial charge >= 0.3 is 6.36 Å². The molecule has 0 amide bonds. The van der Waals surface area contributed by atoms with E-state index in [0.717, 1.165) is 0 Å². The molecule has 1 aromatic carbocycles. The van der Waals surface area contributed by atoms with Crippen LogP contribution in [0.15, 0.2) is 18.2 Å². The minimum Gasteiger partial charge on any atom is -0.405 e. The van der Waals surface area contributed by atoms with Crippen molar-refractivity contribution in [2.45, 2.75) is 32.5 Å². The number of aryl methyl sites for hydroxylation is 1. The summed E-state index contributed by atoms with van der Waals surface area (Å²) in [5.41, 5.74) is 0.865. The molecule has 0 saturated carbocycles. The molecule has 0 heterocycles. The Morgan fingerprint density at radius 1 is 1.35 bits per heavy atom. The number of ether oxygens (including phenoxy) is 1. The van der Waals surface area contributed by atoms with Crippen LogP contribution in [0.3, 0.4) is 0 Å². The van der Waals surface area contributed by atoms with Gasteiger partial charge in [0.15, 0.2) is 0 Å². The fourth-order valence-corrected chi connectivity index (χ4v) is 1.61. The molecule has 0 aliphatic carbocycles. The standard InChI is InChI=1S/C12H15F3O2/c1-3-9-5-4-6-10(8(2)7-16)11(9)17-12(13,14)15/h4-6,8,16H,3,7H2,1-2H3. The van der Waals surface area contributed by atoms with Crippen LogP contribution in [0.4, 0.5) is 13.2 Å². The zero-order valence-electron chi connectivity index (χ0n) is 9.71. The van der Waals surface area contributed by atoms with Gasteiger partial charge in [-0.25, -0.2) is 0 Å². The van der Waals surface area contributed by atoms with Crippen molar-refractivity contribution in [3.63, 3.8) is 0 Å². The maximum atomic E-state index is 12.3. The van der Waals surface area contributed by atoms with Crippen molar-refractivity contribution in [1.29, 1.82) is 0 Å². The topological polar surface area (TPSA) is 29.5 Å². The Bertz CT molecular complexity index is 375. The van der Waals surface area contributed by atoms with Crippen molar-refractivity contribution < 1.29 is 23.0 Å². The maximum Gasteiger partial charge on any atom is 0.573 e. The van der Waals surface area contributed by atoms with Gasteiger partial charge in [-0.15, -0.1) is 13.2 Å². The summed E-state index contributed by atoms with van der Waals surface area (Å²) < 4.78 is 41.0. The van der Waals surface area contributed by atoms with E-state index >= 15 is 0 Å². The molecule has 1 aromatic rings. The minimum atomic E-state index is -4.71. The molecule has 0 fully saturated rings. The van der Waals surface area contributed by atoms with E-state index in [4.69, 9.17) is 5.11 Å². The first kappa shape index (κ1) is 13.8. The number of para-hydroxylation sites is 1. The van der Waals surface area contributed by atoms with Gasteiger partial charge in [-0.05, 0) is 17.5 Å². The number of aliphatic hydroxyl groups excluding tert-OH is 1. The molecule has 5 heteroatoms. The second-order valence-corrected chi connectivity index (χ2v) is 3.82. The van der Waals surface area contributed by atoms with Gasteiger partial charge in [0.2, 0.25) is 0 Å². The summed E-state index contributed by atoms with van der Waals surface area (Å²) in [7, 11) is 0. The van der Waals surface area contributed by atoms with Crippen LogP contribution in [0.2, 0.25) is 0 Å². The molecule has 1 unspecified atom stereocenters. The van der Waals surface area contributed by atoms with Crippen LogP contribution >= 0.6 is 0 Å². The van der Waals surface area contributed by atoms with Gasteiger partial charge in [0.1, 0.15) is 5.75 Å². The Balaban J connectivity index is 3.20. The first-order chi connectivity index (χ1) is 7.89. The molecule has 2 nitrogen and oxygen atoms in total. The Labute approximate surface area is 98.0 Å². The second-order valence-electron chi connectivity index (χ2n) is 3.82. The van der Waals surface area contributed by atoms with Crippen molar-refractivity contribution in [1.82, 2.24) is 0 Å². The van der Waals surface area contributed by atoms with Crippen LogP contribution in [-0.4, -0.2) is 18.1 Å². The molecule has 17 heavy (non-hydrogen) atoms. The molecule has 0 spiro atoms. The minimum absolute atomic E-state index is 0.177. The molecular formula is C12H15F3O2. The Kier molecular flexibility index (Phi) is 4.40. The van der Waals surface area contributed by atoms with Crippen LogP contribution in [0, 0.1) is 0 Å². The SMILES string of the molecule is CCc1cccc(C(C)CO)c1OC(F)(F)F.